The number of fused-ring (bicyclic) bond motifs is 1. The van der Waals surface area contributed by atoms with E-state index >= 15 is 0 Å². The molecule has 0 spiro atoms. The topological polar surface area (TPSA) is 170 Å². The number of benzene rings is 2. The minimum absolute atomic E-state index is 0.0729. The van der Waals surface area contributed by atoms with E-state index < -0.39 is 39.7 Å². The lowest BCUT2D eigenvalue weighted by atomic mass is 10.1. The van der Waals surface area contributed by atoms with Crippen LogP contribution in [0, 0.1) is 0 Å². The molecule has 1 fully saturated rings. The van der Waals surface area contributed by atoms with Crippen LogP contribution in [-0.4, -0.2) is 71.0 Å². The van der Waals surface area contributed by atoms with Gasteiger partial charge in [0.1, 0.15) is 22.0 Å². The quantitative estimate of drug-likeness (QED) is 0.254. The number of piperazine rings is 1. The van der Waals surface area contributed by atoms with E-state index in [2.05, 4.69) is 51.1 Å². The maximum absolute atomic E-state index is 13.0. The highest BCUT2D eigenvalue weighted by atomic mass is 32.2. The predicted molar refractivity (Wildman–Crippen MR) is 162 cm³/mol. The number of nitrogens with one attached hydrogen (secondary N) is 2. The number of aryl methyl sites for hydroxylation is 1. The molecule has 0 amide bonds. The summed E-state index contributed by atoms with van der Waals surface area (Å²) in [6.07, 6.45) is 0.0974. The predicted octanol–water partition coefficient (Wildman–Crippen LogP) is 4.82. The summed E-state index contributed by atoms with van der Waals surface area (Å²) < 4.78 is 67.9. The number of nitrogens with zero attached hydrogens (tertiary/aromatic N) is 4. The molecule has 2 aromatic carbocycles. The molecule has 45 heavy (non-hydrogen) atoms. The largest absolute Gasteiger partial charge is 0.674 e. The highest BCUT2D eigenvalue weighted by molar-refractivity contribution is 7.89. The third-order valence-corrected chi connectivity index (χ3v) is 9.85. The molecule has 4 aromatic rings. The molecule has 1 aliphatic heterocycles. The smallest absolute Gasteiger partial charge is 0.573 e. The van der Waals surface area contributed by atoms with Crippen molar-refractivity contribution in [2.75, 3.05) is 24.5 Å². The van der Waals surface area contributed by atoms with E-state index in [9.17, 15) is 36.3 Å². The van der Waals surface area contributed by atoms with Crippen LogP contribution in [0.15, 0.2) is 64.4 Å². The minimum Gasteiger partial charge on any atom is -0.674 e. The minimum atomic E-state index is -4.94. The maximum Gasteiger partial charge on any atom is 0.573 e. The number of thiazole rings is 1. The summed E-state index contributed by atoms with van der Waals surface area (Å²) in [4.78, 5) is 29.2. The summed E-state index contributed by atoms with van der Waals surface area (Å²) in [6.45, 7) is 2.19. The van der Waals surface area contributed by atoms with Gasteiger partial charge in [0.25, 0.3) is 5.56 Å². The fourth-order valence-electron chi connectivity index (χ4n) is 4.49. The van der Waals surface area contributed by atoms with Gasteiger partial charge in [-0.15, -0.1) is 19.7 Å². The first-order valence-electron chi connectivity index (χ1n) is 13.7. The van der Waals surface area contributed by atoms with Crippen molar-refractivity contribution in [3.05, 3.63) is 81.9 Å². The van der Waals surface area contributed by atoms with Gasteiger partial charge in [-0.25, -0.2) is 18.5 Å². The number of ether oxygens (including phenoxy) is 1. The van der Waals surface area contributed by atoms with E-state index in [4.69, 9.17) is 5.73 Å². The van der Waals surface area contributed by atoms with Gasteiger partial charge in [-0.1, -0.05) is 54.5 Å². The maximum atomic E-state index is 13.0. The Bertz CT molecular complexity index is 1760. The first-order valence-corrected chi connectivity index (χ1v) is 16.0. The molecule has 1 atom stereocenters. The van der Waals surface area contributed by atoms with Crippen LogP contribution in [-0.2, 0) is 27.8 Å². The summed E-state index contributed by atoms with van der Waals surface area (Å²) in [5, 5.41) is 15.9. The van der Waals surface area contributed by atoms with Crippen molar-refractivity contribution < 1.29 is 36.2 Å². The van der Waals surface area contributed by atoms with Gasteiger partial charge < -0.3 is 20.5 Å². The number of carboxylic acids is 1. The zero-order valence-electron chi connectivity index (χ0n) is 24.0. The molecule has 3 N–H and O–H groups in total. The van der Waals surface area contributed by atoms with Crippen molar-refractivity contribution in [1.82, 2.24) is 19.5 Å². The van der Waals surface area contributed by atoms with Crippen LogP contribution in [0.2, 0.25) is 0 Å². The summed E-state index contributed by atoms with van der Waals surface area (Å²) >= 11 is 1.02. The van der Waals surface area contributed by atoms with E-state index in [0.717, 1.165) is 45.5 Å². The third kappa shape index (κ3) is 8.56. The first-order chi connectivity index (χ1) is 21.3. The summed E-state index contributed by atoms with van der Waals surface area (Å²) in [6, 6.07) is 10.4. The molecule has 12 nitrogen and oxygen atoms in total. The van der Waals surface area contributed by atoms with Gasteiger partial charge in [-0.2, -0.15) is 9.40 Å². The van der Waals surface area contributed by atoms with Crippen molar-refractivity contribution in [2.45, 2.75) is 50.0 Å². The second-order valence-corrected chi connectivity index (χ2v) is 12.8. The molecule has 3 heterocycles. The third-order valence-electron chi connectivity index (χ3n) is 6.80. The van der Waals surface area contributed by atoms with Crippen LogP contribution >= 0.6 is 11.3 Å². The molecule has 0 saturated carbocycles. The Morgan fingerprint density at radius 3 is 2.38 bits per heavy atom. The number of halogens is 3. The fourth-order valence-corrected chi connectivity index (χ4v) is 7.02. The van der Waals surface area contributed by atoms with E-state index in [1.165, 1.54) is 31.0 Å². The van der Waals surface area contributed by atoms with Gasteiger partial charge in [0.2, 0.25) is 10.0 Å². The summed E-state index contributed by atoms with van der Waals surface area (Å²) in [5.74, 6) is -2.03. The number of alkyl halides is 3. The van der Waals surface area contributed by atoms with Crippen LogP contribution in [0.1, 0.15) is 30.9 Å². The lowest BCUT2D eigenvalue weighted by Gasteiger charge is -2.38. The number of aromatic amines is 1. The summed E-state index contributed by atoms with van der Waals surface area (Å²) in [7, 11) is -4.35. The fraction of sp³-hybridized carbons (Fsp3) is 0.357. The molecule has 1 aliphatic rings. The highest BCUT2D eigenvalue weighted by Gasteiger charge is 2.41. The van der Waals surface area contributed by atoms with Crippen LogP contribution in [0.4, 0.5) is 18.3 Å². The zero-order chi connectivity index (χ0) is 32.8. The second-order valence-electron chi connectivity index (χ2n) is 9.94. The number of aromatic nitrogens is 3. The van der Waals surface area contributed by atoms with Gasteiger partial charge in [-0.05, 0) is 42.7 Å². The molecule has 5 rings (SSSR count). The molecular formula is C28H30F3N6O6S2-. The Labute approximate surface area is 260 Å². The Morgan fingerprint density at radius 1 is 1.13 bits per heavy atom. The van der Waals surface area contributed by atoms with Crippen molar-refractivity contribution in [3.8, 4) is 5.75 Å². The number of aliphatic carboxylic acids is 1. The van der Waals surface area contributed by atoms with E-state index in [-0.39, 0.29) is 24.5 Å². The van der Waals surface area contributed by atoms with E-state index in [1.807, 2.05) is 0 Å². The monoisotopic (exact) mass is 667 g/mol. The van der Waals surface area contributed by atoms with Crippen LogP contribution < -0.4 is 15.2 Å². The number of carbonyl (C=O) groups is 1. The molecular weight excluding hydrogens is 637 g/mol. The number of anilines is 1. The lowest BCUT2D eigenvalue weighted by molar-refractivity contribution is -0.274. The highest BCUT2D eigenvalue weighted by Crippen LogP contribution is 2.31. The van der Waals surface area contributed by atoms with Crippen LogP contribution in [0.25, 0.3) is 16.0 Å². The van der Waals surface area contributed by atoms with Gasteiger partial charge in [0.15, 0.2) is 5.13 Å². The van der Waals surface area contributed by atoms with Crippen LogP contribution in [0.3, 0.4) is 0 Å². The Morgan fingerprint density at radius 2 is 1.80 bits per heavy atom. The number of carboxylic acid groups (broad SMARTS) is 1. The molecule has 0 bridgehead atoms. The van der Waals surface area contributed by atoms with Crippen LogP contribution in [0.5, 0.6) is 5.75 Å². The normalized spacial score (nSPS) is 15.8. The number of sulfonamides is 1. The molecule has 0 unspecified atom stereocenters. The van der Waals surface area contributed by atoms with Crippen molar-refractivity contribution >= 4 is 42.7 Å². The number of rotatable bonds is 9. The number of hydrogen-bond donors (Lipinski definition) is 2. The van der Waals surface area contributed by atoms with Gasteiger partial charge in [0.05, 0.1) is 11.1 Å². The SMILES string of the molecule is CCCCc1ccc(C[NH-])cc1.O=C(O)[C@H]1CN(c2nc3cn[nH]c(=O)c3s2)CCN1S(=O)(=O)c1ccc(OC(F)(F)F)cc1. The lowest BCUT2D eigenvalue weighted by Crippen LogP contribution is -2.58. The Kier molecular flexibility index (Phi) is 10.8. The van der Waals surface area contributed by atoms with Gasteiger partial charge >= 0.3 is 12.3 Å². The van der Waals surface area contributed by atoms with E-state index in [1.54, 1.807) is 4.90 Å². The van der Waals surface area contributed by atoms with Crippen molar-refractivity contribution in [3.63, 3.8) is 0 Å². The Balaban J connectivity index is 0.000000323. The molecule has 17 heteroatoms. The molecule has 2 aromatic heterocycles. The van der Waals surface area contributed by atoms with E-state index in [0.29, 0.717) is 21.9 Å². The van der Waals surface area contributed by atoms with Gasteiger partial charge in [0, 0.05) is 19.6 Å². The molecule has 0 aliphatic carbocycles. The second kappa shape index (κ2) is 14.4. The standard InChI is InChI=1S/C17H14F3N5O6S2.C11H16N/c18-17(19,20)31-9-1-3-10(4-2-9)33(29,30)25-6-5-24(8-12(25)15(27)28)16-22-11-7-21-23-14(26)13(11)32-16;1-2-3-4-10-5-7-11(9-12)8-6-10/h1-4,7,12H,5-6,8H2,(H,23,26)(H,27,28);5-8,12H,2-4,9H2,1H3/q;-1/t12-;/m1./s1. The number of H-pyrrole nitrogens is 1. The Hall–Kier alpha value is -4.06. The van der Waals surface area contributed by atoms with Crippen molar-refractivity contribution in [1.29, 1.82) is 0 Å². The molecule has 1 saturated heterocycles. The average molecular weight is 668 g/mol. The van der Waals surface area contributed by atoms with Gasteiger partial charge in [-0.3, -0.25) is 9.59 Å². The number of unbranched alkanes of at least 4 members (excludes halogenated alkanes) is 1. The average Bonchev–Trinajstić information content (AvgIpc) is 3.46. The van der Waals surface area contributed by atoms with Crippen molar-refractivity contribution in [2.24, 2.45) is 0 Å². The molecule has 242 valence electrons. The first kappa shape index (κ1) is 33.8. The zero-order valence-corrected chi connectivity index (χ0v) is 25.6. The number of hydrogen-bond acceptors (Lipinski definition) is 9. The molecule has 0 radical (unpaired) electrons. The summed E-state index contributed by atoms with van der Waals surface area (Å²) in [5.41, 5.74) is 9.52.